The maximum absolute atomic E-state index is 13.6. The quantitative estimate of drug-likeness (QED) is 0.861. The lowest BCUT2D eigenvalue weighted by atomic mass is 9.78. The number of aliphatic hydroxyl groups is 1. The summed E-state index contributed by atoms with van der Waals surface area (Å²) in [5, 5.41) is 10.1. The molecule has 1 N–H and O–H groups in total. The van der Waals surface area contributed by atoms with Crippen LogP contribution in [0.3, 0.4) is 0 Å². The summed E-state index contributed by atoms with van der Waals surface area (Å²) in [5.74, 6) is 0.243. The van der Waals surface area contributed by atoms with Crippen LogP contribution in [0.15, 0.2) is 18.2 Å². The van der Waals surface area contributed by atoms with Crippen molar-refractivity contribution in [3.63, 3.8) is 0 Å². The molecule has 0 amide bonds. The normalized spacial score (nSPS) is 23.8. The minimum atomic E-state index is -0.618. The van der Waals surface area contributed by atoms with Gasteiger partial charge in [-0.1, -0.05) is 6.07 Å². The molecule has 1 aromatic rings. The van der Waals surface area contributed by atoms with Crippen molar-refractivity contribution in [3.05, 3.63) is 29.6 Å². The number of methoxy groups -OCH3 is 1. The van der Waals surface area contributed by atoms with Crippen LogP contribution in [0.25, 0.3) is 0 Å². The maximum atomic E-state index is 13.6. The third kappa shape index (κ3) is 3.45. The highest BCUT2D eigenvalue weighted by Crippen LogP contribution is 2.37. The second kappa shape index (κ2) is 6.35. The molecule has 0 saturated heterocycles. The van der Waals surface area contributed by atoms with Crippen molar-refractivity contribution in [1.82, 2.24) is 0 Å². The van der Waals surface area contributed by atoms with E-state index in [0.29, 0.717) is 24.0 Å². The number of hydrogen-bond acceptors (Lipinski definition) is 3. The van der Waals surface area contributed by atoms with Crippen LogP contribution in [0.2, 0.25) is 0 Å². The van der Waals surface area contributed by atoms with Crippen LogP contribution in [-0.2, 0) is 4.74 Å². The van der Waals surface area contributed by atoms with E-state index in [1.807, 2.05) is 6.92 Å². The molecule has 1 aliphatic carbocycles. The van der Waals surface area contributed by atoms with Gasteiger partial charge in [0.15, 0.2) is 11.6 Å². The second-order valence-corrected chi connectivity index (χ2v) is 5.06. The monoisotopic (exact) mass is 268 g/mol. The first-order chi connectivity index (χ1) is 9.13. The average molecular weight is 268 g/mol. The van der Waals surface area contributed by atoms with Gasteiger partial charge in [-0.3, -0.25) is 0 Å². The Morgan fingerprint density at radius 3 is 2.74 bits per heavy atom. The Balaban J connectivity index is 1.87. The summed E-state index contributed by atoms with van der Waals surface area (Å²) in [5.41, 5.74) is 0.609. The highest BCUT2D eigenvalue weighted by atomic mass is 19.1. The highest BCUT2D eigenvalue weighted by molar-refractivity contribution is 5.30. The smallest absolute Gasteiger partial charge is 0.165 e. The van der Waals surface area contributed by atoms with E-state index >= 15 is 0 Å². The van der Waals surface area contributed by atoms with Gasteiger partial charge < -0.3 is 14.6 Å². The Morgan fingerprint density at radius 1 is 1.42 bits per heavy atom. The zero-order valence-corrected chi connectivity index (χ0v) is 11.4. The molecule has 0 bridgehead atoms. The summed E-state index contributed by atoms with van der Waals surface area (Å²) in [6, 6.07) is 4.62. The molecule has 1 aromatic carbocycles. The fourth-order valence-electron chi connectivity index (χ4n) is 2.58. The largest absolute Gasteiger partial charge is 0.494 e. The summed E-state index contributed by atoms with van der Waals surface area (Å²) in [7, 11) is 1.43. The molecule has 1 atom stereocenters. The van der Waals surface area contributed by atoms with Gasteiger partial charge in [-0.2, -0.15) is 0 Å². The zero-order valence-electron chi connectivity index (χ0n) is 11.4. The van der Waals surface area contributed by atoms with Gasteiger partial charge in [0.25, 0.3) is 0 Å². The van der Waals surface area contributed by atoms with Crippen molar-refractivity contribution in [1.29, 1.82) is 0 Å². The summed E-state index contributed by atoms with van der Waals surface area (Å²) in [6.07, 6.45) is 2.37. The van der Waals surface area contributed by atoms with E-state index in [0.717, 1.165) is 19.4 Å². The number of benzene rings is 1. The lowest BCUT2D eigenvalue weighted by Gasteiger charge is -2.36. The van der Waals surface area contributed by atoms with Gasteiger partial charge >= 0.3 is 0 Å². The van der Waals surface area contributed by atoms with Crippen LogP contribution in [0.1, 0.15) is 37.9 Å². The molecule has 0 spiro atoms. The second-order valence-electron chi connectivity index (χ2n) is 5.06. The highest BCUT2D eigenvalue weighted by Gasteiger charge is 2.31. The summed E-state index contributed by atoms with van der Waals surface area (Å²) < 4.78 is 23.9. The van der Waals surface area contributed by atoms with Gasteiger partial charge in [-0.25, -0.2) is 4.39 Å². The first-order valence-electron chi connectivity index (χ1n) is 6.77. The molecule has 1 aliphatic rings. The molecule has 0 aliphatic heterocycles. The van der Waals surface area contributed by atoms with E-state index < -0.39 is 11.9 Å². The number of halogens is 1. The number of rotatable bonds is 6. The first-order valence-corrected chi connectivity index (χ1v) is 6.77. The fraction of sp³-hybridized carbons (Fsp3) is 0.600. The first kappa shape index (κ1) is 14.3. The van der Waals surface area contributed by atoms with Crippen LogP contribution in [0, 0.1) is 11.7 Å². The van der Waals surface area contributed by atoms with Crippen molar-refractivity contribution in [3.8, 4) is 5.75 Å². The van der Waals surface area contributed by atoms with E-state index in [2.05, 4.69) is 0 Å². The summed E-state index contributed by atoms with van der Waals surface area (Å²) in [6.45, 7) is 2.73. The van der Waals surface area contributed by atoms with E-state index in [-0.39, 0.29) is 5.75 Å². The van der Waals surface area contributed by atoms with E-state index in [1.54, 1.807) is 12.1 Å². The molecule has 1 saturated carbocycles. The van der Waals surface area contributed by atoms with Crippen LogP contribution in [-0.4, -0.2) is 24.9 Å². The lowest BCUT2D eigenvalue weighted by Crippen LogP contribution is -2.32. The van der Waals surface area contributed by atoms with Crippen molar-refractivity contribution >= 4 is 0 Å². The number of hydrogen-bond donors (Lipinski definition) is 1. The number of ether oxygens (including phenoxy) is 2. The minimum Gasteiger partial charge on any atom is -0.494 e. The molecular weight excluding hydrogens is 247 g/mol. The van der Waals surface area contributed by atoms with E-state index in [9.17, 15) is 9.50 Å². The Bertz CT molecular complexity index is 416. The van der Waals surface area contributed by atoms with Gasteiger partial charge in [-0.05, 0) is 49.8 Å². The predicted molar refractivity (Wildman–Crippen MR) is 70.7 cm³/mol. The van der Waals surface area contributed by atoms with E-state index in [4.69, 9.17) is 9.47 Å². The molecule has 0 aromatic heterocycles. The maximum Gasteiger partial charge on any atom is 0.165 e. The predicted octanol–water partition coefficient (Wildman–Crippen LogP) is 3.07. The van der Waals surface area contributed by atoms with Crippen molar-refractivity contribution < 1.29 is 19.0 Å². The standard InChI is InChI=1S/C15H21FO3/c1-3-19-12-6-10(7-12)8-14(17)11-4-5-15(18-2)13(16)9-11/h4-5,9-10,12,14,17H,3,6-8H2,1-2H3. The van der Waals surface area contributed by atoms with Crippen molar-refractivity contribution in [2.24, 2.45) is 5.92 Å². The fourth-order valence-corrected chi connectivity index (χ4v) is 2.58. The Morgan fingerprint density at radius 2 is 2.16 bits per heavy atom. The van der Waals surface area contributed by atoms with Crippen molar-refractivity contribution in [2.75, 3.05) is 13.7 Å². The summed E-state index contributed by atoms with van der Waals surface area (Å²) >= 11 is 0. The molecule has 1 fully saturated rings. The Kier molecular flexibility index (Phi) is 4.77. The molecule has 2 rings (SSSR count). The third-order valence-corrected chi connectivity index (χ3v) is 3.71. The molecule has 0 heterocycles. The Labute approximate surface area is 113 Å². The van der Waals surface area contributed by atoms with Gasteiger partial charge in [0.1, 0.15) is 0 Å². The summed E-state index contributed by atoms with van der Waals surface area (Å²) in [4.78, 5) is 0. The molecule has 0 radical (unpaired) electrons. The van der Waals surface area contributed by atoms with Gasteiger partial charge in [0, 0.05) is 6.61 Å². The van der Waals surface area contributed by atoms with Crippen LogP contribution in [0.5, 0.6) is 5.75 Å². The van der Waals surface area contributed by atoms with Crippen molar-refractivity contribution in [2.45, 2.75) is 38.4 Å². The third-order valence-electron chi connectivity index (χ3n) is 3.71. The van der Waals surface area contributed by atoms with Gasteiger partial charge in [0.2, 0.25) is 0 Å². The molecular formula is C15H21FO3. The van der Waals surface area contributed by atoms with Crippen LogP contribution >= 0.6 is 0 Å². The molecule has 1 unspecified atom stereocenters. The molecule has 106 valence electrons. The molecule has 4 heteroatoms. The molecule has 3 nitrogen and oxygen atoms in total. The SMILES string of the molecule is CCOC1CC(CC(O)c2ccc(OC)c(F)c2)C1. The van der Waals surface area contributed by atoms with E-state index in [1.165, 1.54) is 13.2 Å². The molecule has 19 heavy (non-hydrogen) atoms. The Hall–Kier alpha value is -1.13. The minimum absolute atomic E-state index is 0.205. The van der Waals surface area contributed by atoms with Gasteiger partial charge in [0.05, 0.1) is 19.3 Å². The average Bonchev–Trinajstić information content (AvgIpc) is 2.36. The topological polar surface area (TPSA) is 38.7 Å². The van der Waals surface area contributed by atoms with Gasteiger partial charge in [-0.15, -0.1) is 0 Å². The lowest BCUT2D eigenvalue weighted by molar-refractivity contribution is -0.0380. The zero-order chi connectivity index (χ0) is 13.8. The van der Waals surface area contributed by atoms with Crippen LogP contribution in [0.4, 0.5) is 4.39 Å². The van der Waals surface area contributed by atoms with Crippen LogP contribution < -0.4 is 4.74 Å². The number of aliphatic hydroxyl groups excluding tert-OH is 1.